The average molecular weight is 278 g/mol. The van der Waals surface area contributed by atoms with Gasteiger partial charge in [0.15, 0.2) is 0 Å². The first-order valence-corrected chi connectivity index (χ1v) is 7.48. The van der Waals surface area contributed by atoms with Crippen molar-refractivity contribution in [3.8, 4) is 0 Å². The van der Waals surface area contributed by atoms with Gasteiger partial charge in [-0.1, -0.05) is 42.5 Å². The fraction of sp³-hybridized carbons (Fsp3) is 0.263. The molecular formula is C19H22N2. The number of benzene rings is 2. The monoisotopic (exact) mass is 278 g/mol. The molecule has 0 unspecified atom stereocenters. The van der Waals surface area contributed by atoms with Crippen LogP contribution in [-0.4, -0.2) is 4.57 Å². The molecule has 108 valence electrons. The van der Waals surface area contributed by atoms with E-state index in [9.17, 15) is 0 Å². The Bertz CT molecular complexity index is 755. The van der Waals surface area contributed by atoms with Crippen molar-refractivity contribution in [1.29, 1.82) is 0 Å². The summed E-state index contributed by atoms with van der Waals surface area (Å²) in [6.07, 6.45) is 2.22. The van der Waals surface area contributed by atoms with Gasteiger partial charge in [0.05, 0.1) is 0 Å². The Morgan fingerprint density at radius 2 is 1.76 bits per heavy atom. The molecule has 0 radical (unpaired) electrons. The van der Waals surface area contributed by atoms with Crippen molar-refractivity contribution in [2.75, 3.05) is 0 Å². The predicted molar refractivity (Wildman–Crippen MR) is 89.4 cm³/mol. The van der Waals surface area contributed by atoms with Crippen molar-refractivity contribution in [3.63, 3.8) is 0 Å². The van der Waals surface area contributed by atoms with Crippen LogP contribution in [0.3, 0.4) is 0 Å². The van der Waals surface area contributed by atoms with Crippen LogP contribution in [0.4, 0.5) is 0 Å². The lowest BCUT2D eigenvalue weighted by Gasteiger charge is -2.16. The van der Waals surface area contributed by atoms with Crippen LogP contribution >= 0.6 is 0 Å². The van der Waals surface area contributed by atoms with Gasteiger partial charge < -0.3 is 9.88 Å². The van der Waals surface area contributed by atoms with Crippen LogP contribution in [0.15, 0.2) is 54.7 Å². The lowest BCUT2D eigenvalue weighted by Crippen LogP contribution is -2.18. The zero-order valence-electron chi connectivity index (χ0n) is 12.9. The summed E-state index contributed by atoms with van der Waals surface area (Å²) >= 11 is 0. The van der Waals surface area contributed by atoms with Crippen LogP contribution in [0.2, 0.25) is 0 Å². The van der Waals surface area contributed by atoms with Crippen LogP contribution in [0.1, 0.15) is 29.7 Å². The smallest absolute Gasteiger partial charge is 0.0481 e. The molecule has 0 saturated heterocycles. The summed E-state index contributed by atoms with van der Waals surface area (Å²) in [5.74, 6) is 0. The Morgan fingerprint density at radius 1 is 1.05 bits per heavy atom. The van der Waals surface area contributed by atoms with Crippen molar-refractivity contribution in [2.45, 2.75) is 26.4 Å². The molecule has 21 heavy (non-hydrogen) atoms. The second-order valence-corrected chi connectivity index (χ2v) is 5.74. The first-order chi connectivity index (χ1) is 10.2. The maximum Gasteiger partial charge on any atom is 0.0481 e. The molecule has 2 aromatic carbocycles. The minimum Gasteiger partial charge on any atom is -0.350 e. The molecule has 3 aromatic rings. The Labute approximate surface area is 126 Å². The lowest BCUT2D eigenvalue weighted by molar-refractivity contribution is 0.573. The van der Waals surface area contributed by atoms with Gasteiger partial charge in [0.25, 0.3) is 0 Å². The molecule has 0 fully saturated rings. The molecule has 0 aliphatic carbocycles. The van der Waals surface area contributed by atoms with Gasteiger partial charge in [0, 0.05) is 36.7 Å². The van der Waals surface area contributed by atoms with Crippen molar-refractivity contribution >= 4 is 10.9 Å². The number of nitrogens with zero attached hydrogens (tertiary/aromatic N) is 1. The van der Waals surface area contributed by atoms with Crippen molar-refractivity contribution in [1.82, 2.24) is 9.88 Å². The number of fused-ring (bicyclic) bond motifs is 1. The van der Waals surface area contributed by atoms with E-state index in [1.54, 1.807) is 0 Å². The van der Waals surface area contributed by atoms with Crippen LogP contribution in [0.5, 0.6) is 0 Å². The van der Waals surface area contributed by atoms with Crippen LogP contribution in [0.25, 0.3) is 10.9 Å². The number of aryl methyl sites for hydroxylation is 2. The molecule has 2 nitrogen and oxygen atoms in total. The molecule has 1 N–H and O–H groups in total. The van der Waals surface area contributed by atoms with E-state index in [1.807, 2.05) is 0 Å². The van der Waals surface area contributed by atoms with E-state index in [-0.39, 0.29) is 0 Å². The van der Waals surface area contributed by atoms with Gasteiger partial charge in [0.1, 0.15) is 0 Å². The average Bonchev–Trinajstić information content (AvgIpc) is 2.82. The summed E-state index contributed by atoms with van der Waals surface area (Å²) in [4.78, 5) is 0. The Kier molecular flexibility index (Phi) is 3.80. The third-order valence-electron chi connectivity index (χ3n) is 4.23. The normalized spacial score (nSPS) is 12.7. The zero-order valence-corrected chi connectivity index (χ0v) is 12.9. The third kappa shape index (κ3) is 2.72. The molecule has 0 spiro atoms. The molecule has 1 aromatic heterocycles. The van der Waals surface area contributed by atoms with Crippen molar-refractivity contribution in [3.05, 3.63) is 71.4 Å². The summed E-state index contributed by atoms with van der Waals surface area (Å²) in [5, 5.41) is 4.99. The van der Waals surface area contributed by atoms with Gasteiger partial charge in [-0.15, -0.1) is 0 Å². The standard InChI is InChI=1S/C19H22N2/c1-14-8-4-5-9-17(14)15(2)20-12-16-13-21(3)19-11-7-6-10-18(16)19/h4-11,13,15,20H,12H2,1-3H3/t15-/m1/s1. The molecule has 0 amide bonds. The number of aromatic nitrogens is 1. The highest BCUT2D eigenvalue weighted by molar-refractivity contribution is 5.83. The second kappa shape index (κ2) is 5.74. The molecule has 2 heteroatoms. The molecule has 0 saturated carbocycles. The third-order valence-corrected chi connectivity index (χ3v) is 4.23. The number of hydrogen-bond acceptors (Lipinski definition) is 1. The maximum absolute atomic E-state index is 3.65. The van der Waals surface area contributed by atoms with Gasteiger partial charge in [0.2, 0.25) is 0 Å². The molecule has 0 bridgehead atoms. The number of nitrogens with one attached hydrogen (secondary N) is 1. The molecular weight excluding hydrogens is 256 g/mol. The van der Waals surface area contributed by atoms with Crippen molar-refractivity contribution in [2.24, 2.45) is 7.05 Å². The molecule has 0 aliphatic heterocycles. The lowest BCUT2D eigenvalue weighted by atomic mass is 10.0. The van der Waals surface area contributed by atoms with Gasteiger partial charge in [-0.3, -0.25) is 0 Å². The zero-order chi connectivity index (χ0) is 14.8. The predicted octanol–water partition coefficient (Wildman–Crippen LogP) is 4.34. The largest absolute Gasteiger partial charge is 0.350 e. The van der Waals surface area contributed by atoms with E-state index < -0.39 is 0 Å². The highest BCUT2D eigenvalue weighted by Gasteiger charge is 2.10. The van der Waals surface area contributed by atoms with Crippen LogP contribution in [-0.2, 0) is 13.6 Å². The first-order valence-electron chi connectivity index (χ1n) is 7.48. The summed E-state index contributed by atoms with van der Waals surface area (Å²) in [6.45, 7) is 5.29. The summed E-state index contributed by atoms with van der Waals surface area (Å²) < 4.78 is 2.20. The minimum atomic E-state index is 0.352. The SMILES string of the molecule is Cc1ccccc1[C@@H](C)NCc1cn(C)c2ccccc12. The Morgan fingerprint density at radius 3 is 2.57 bits per heavy atom. The summed E-state index contributed by atoms with van der Waals surface area (Å²) in [7, 11) is 2.11. The van der Waals surface area contributed by atoms with E-state index in [2.05, 4.69) is 85.5 Å². The maximum atomic E-state index is 3.65. The molecule has 1 atom stereocenters. The van der Waals surface area contributed by atoms with Crippen LogP contribution in [0, 0.1) is 6.92 Å². The van der Waals surface area contributed by atoms with Gasteiger partial charge in [-0.2, -0.15) is 0 Å². The quantitative estimate of drug-likeness (QED) is 0.751. The van der Waals surface area contributed by atoms with Crippen molar-refractivity contribution < 1.29 is 0 Å². The highest BCUT2D eigenvalue weighted by Crippen LogP contribution is 2.22. The fourth-order valence-corrected chi connectivity index (χ4v) is 3.01. The minimum absolute atomic E-state index is 0.352. The van der Waals surface area contributed by atoms with E-state index in [1.165, 1.54) is 27.6 Å². The molecule has 3 rings (SSSR count). The van der Waals surface area contributed by atoms with Gasteiger partial charge in [-0.05, 0) is 36.6 Å². The molecule has 0 aliphatic rings. The van der Waals surface area contributed by atoms with E-state index >= 15 is 0 Å². The molecule has 1 heterocycles. The second-order valence-electron chi connectivity index (χ2n) is 5.74. The van der Waals surface area contributed by atoms with E-state index in [0.717, 1.165) is 6.54 Å². The first kappa shape index (κ1) is 13.9. The summed E-state index contributed by atoms with van der Waals surface area (Å²) in [5.41, 5.74) is 5.36. The summed E-state index contributed by atoms with van der Waals surface area (Å²) in [6, 6.07) is 17.5. The van der Waals surface area contributed by atoms with E-state index in [0.29, 0.717) is 6.04 Å². The van der Waals surface area contributed by atoms with E-state index in [4.69, 9.17) is 0 Å². The Hall–Kier alpha value is -2.06. The van der Waals surface area contributed by atoms with Gasteiger partial charge >= 0.3 is 0 Å². The van der Waals surface area contributed by atoms with Gasteiger partial charge in [-0.25, -0.2) is 0 Å². The highest BCUT2D eigenvalue weighted by atomic mass is 14.9. The Balaban J connectivity index is 1.79. The number of para-hydroxylation sites is 1. The van der Waals surface area contributed by atoms with Crippen LogP contribution < -0.4 is 5.32 Å². The topological polar surface area (TPSA) is 17.0 Å². The fourth-order valence-electron chi connectivity index (χ4n) is 3.01. The number of hydrogen-bond donors (Lipinski definition) is 1. The number of rotatable bonds is 4.